The minimum absolute atomic E-state index is 0.0933. The SMILES string of the molecule is CC1(C(F)(F)F)CC=CC[C@H]1O. The van der Waals surface area contributed by atoms with Gasteiger partial charge in [-0.2, -0.15) is 13.2 Å². The van der Waals surface area contributed by atoms with Gasteiger partial charge in [-0.05, 0) is 19.8 Å². The molecule has 1 unspecified atom stereocenters. The second-order valence-corrected chi connectivity index (χ2v) is 3.34. The number of hydrogen-bond acceptors (Lipinski definition) is 1. The van der Waals surface area contributed by atoms with Crippen LogP contribution < -0.4 is 0 Å². The molecule has 1 nitrogen and oxygen atoms in total. The second kappa shape index (κ2) is 2.76. The number of halogens is 3. The Morgan fingerprint density at radius 3 is 2.33 bits per heavy atom. The van der Waals surface area contributed by atoms with E-state index in [0.29, 0.717) is 0 Å². The van der Waals surface area contributed by atoms with E-state index in [1.807, 2.05) is 0 Å². The van der Waals surface area contributed by atoms with E-state index in [2.05, 4.69) is 0 Å². The molecule has 4 heteroatoms. The highest BCUT2D eigenvalue weighted by Gasteiger charge is 2.55. The van der Waals surface area contributed by atoms with Crippen molar-refractivity contribution >= 4 is 0 Å². The molecule has 0 heterocycles. The lowest BCUT2D eigenvalue weighted by molar-refractivity contribution is -0.248. The van der Waals surface area contributed by atoms with Gasteiger partial charge in [-0.1, -0.05) is 12.2 Å². The molecule has 1 N–H and O–H groups in total. The van der Waals surface area contributed by atoms with Crippen molar-refractivity contribution in [3.05, 3.63) is 12.2 Å². The predicted octanol–water partition coefficient (Wildman–Crippen LogP) is 2.27. The average Bonchev–Trinajstić information content (AvgIpc) is 1.93. The Kier molecular flexibility index (Phi) is 2.21. The third kappa shape index (κ3) is 1.35. The lowest BCUT2D eigenvalue weighted by Crippen LogP contribution is -2.46. The van der Waals surface area contributed by atoms with E-state index in [1.54, 1.807) is 6.08 Å². The number of allylic oxidation sites excluding steroid dienone is 1. The lowest BCUT2D eigenvalue weighted by Gasteiger charge is -2.37. The highest BCUT2D eigenvalue weighted by molar-refractivity contribution is 5.03. The monoisotopic (exact) mass is 180 g/mol. The normalized spacial score (nSPS) is 36.9. The molecular formula is C8H11F3O. The predicted molar refractivity (Wildman–Crippen MR) is 38.5 cm³/mol. The third-order valence-corrected chi connectivity index (χ3v) is 2.45. The molecule has 0 amide bonds. The first-order valence-electron chi connectivity index (χ1n) is 3.78. The average molecular weight is 180 g/mol. The Labute approximate surface area is 68.9 Å². The molecule has 0 aromatic heterocycles. The maximum absolute atomic E-state index is 12.4. The fraction of sp³-hybridized carbons (Fsp3) is 0.750. The van der Waals surface area contributed by atoms with Crippen molar-refractivity contribution in [3.63, 3.8) is 0 Å². The van der Waals surface area contributed by atoms with Crippen molar-refractivity contribution in [2.45, 2.75) is 32.0 Å². The van der Waals surface area contributed by atoms with Gasteiger partial charge < -0.3 is 5.11 Å². The fourth-order valence-corrected chi connectivity index (χ4v) is 1.25. The minimum atomic E-state index is -4.32. The van der Waals surface area contributed by atoms with Crippen molar-refractivity contribution in [1.29, 1.82) is 0 Å². The number of aliphatic hydroxyl groups is 1. The molecule has 1 aliphatic carbocycles. The van der Waals surface area contributed by atoms with Crippen molar-refractivity contribution in [1.82, 2.24) is 0 Å². The molecule has 0 radical (unpaired) electrons. The van der Waals surface area contributed by atoms with Gasteiger partial charge in [0, 0.05) is 0 Å². The Balaban J connectivity index is 2.89. The van der Waals surface area contributed by atoms with Crippen LogP contribution in [0.5, 0.6) is 0 Å². The minimum Gasteiger partial charge on any atom is -0.392 e. The molecule has 1 aliphatic rings. The summed E-state index contributed by atoms with van der Waals surface area (Å²) in [6.07, 6.45) is -2.61. The summed E-state index contributed by atoms with van der Waals surface area (Å²) in [5.41, 5.74) is -1.96. The van der Waals surface area contributed by atoms with Crippen LogP contribution in [0.25, 0.3) is 0 Å². The summed E-state index contributed by atoms with van der Waals surface area (Å²) in [5.74, 6) is 0. The Morgan fingerprint density at radius 1 is 1.42 bits per heavy atom. The zero-order valence-electron chi connectivity index (χ0n) is 6.73. The smallest absolute Gasteiger partial charge is 0.392 e. The molecule has 0 saturated heterocycles. The number of hydrogen-bond donors (Lipinski definition) is 1. The summed E-state index contributed by atoms with van der Waals surface area (Å²) in [6.45, 7) is 1.06. The van der Waals surface area contributed by atoms with Gasteiger partial charge in [0.1, 0.15) is 0 Å². The Morgan fingerprint density at radius 2 is 2.00 bits per heavy atom. The zero-order chi connectivity index (χ0) is 9.41. The van der Waals surface area contributed by atoms with E-state index in [0.717, 1.165) is 6.92 Å². The Bertz CT molecular complexity index is 197. The molecule has 0 spiro atoms. The summed E-state index contributed by atoms with van der Waals surface area (Å²) in [6, 6.07) is 0. The van der Waals surface area contributed by atoms with Gasteiger partial charge in [0.15, 0.2) is 0 Å². The Hall–Kier alpha value is -0.510. The molecule has 70 valence electrons. The van der Waals surface area contributed by atoms with Crippen LogP contribution in [-0.4, -0.2) is 17.4 Å². The van der Waals surface area contributed by atoms with Crippen LogP contribution in [0.2, 0.25) is 0 Å². The van der Waals surface area contributed by atoms with E-state index in [-0.39, 0.29) is 12.8 Å². The van der Waals surface area contributed by atoms with Gasteiger partial charge in [0.2, 0.25) is 0 Å². The quantitative estimate of drug-likeness (QED) is 0.567. The summed E-state index contributed by atoms with van der Waals surface area (Å²) < 4.78 is 37.1. The van der Waals surface area contributed by atoms with Crippen molar-refractivity contribution in [2.24, 2.45) is 5.41 Å². The molecule has 0 saturated carbocycles. The lowest BCUT2D eigenvalue weighted by atomic mass is 9.76. The topological polar surface area (TPSA) is 20.2 Å². The van der Waals surface area contributed by atoms with Crippen LogP contribution in [0, 0.1) is 5.41 Å². The van der Waals surface area contributed by atoms with Crippen molar-refractivity contribution < 1.29 is 18.3 Å². The summed E-state index contributed by atoms with van der Waals surface area (Å²) in [5, 5.41) is 9.19. The maximum Gasteiger partial charge on any atom is 0.397 e. The van der Waals surface area contributed by atoms with Gasteiger partial charge in [-0.15, -0.1) is 0 Å². The number of alkyl halides is 3. The molecule has 2 atom stereocenters. The second-order valence-electron chi connectivity index (χ2n) is 3.34. The highest BCUT2D eigenvalue weighted by atomic mass is 19.4. The van der Waals surface area contributed by atoms with Gasteiger partial charge in [-0.25, -0.2) is 0 Å². The molecular weight excluding hydrogens is 169 g/mol. The van der Waals surface area contributed by atoms with E-state index in [4.69, 9.17) is 0 Å². The van der Waals surface area contributed by atoms with Crippen molar-refractivity contribution in [3.8, 4) is 0 Å². The van der Waals surface area contributed by atoms with Crippen LogP contribution in [-0.2, 0) is 0 Å². The number of rotatable bonds is 0. The van der Waals surface area contributed by atoms with Gasteiger partial charge >= 0.3 is 6.18 Å². The molecule has 12 heavy (non-hydrogen) atoms. The largest absolute Gasteiger partial charge is 0.397 e. The van der Waals surface area contributed by atoms with Gasteiger partial charge in [0.25, 0.3) is 0 Å². The van der Waals surface area contributed by atoms with Gasteiger partial charge in [-0.3, -0.25) is 0 Å². The maximum atomic E-state index is 12.4. The summed E-state index contributed by atoms with van der Waals surface area (Å²) in [7, 11) is 0. The van der Waals surface area contributed by atoms with Crippen molar-refractivity contribution in [2.75, 3.05) is 0 Å². The van der Waals surface area contributed by atoms with Crippen LogP contribution in [0.3, 0.4) is 0 Å². The van der Waals surface area contributed by atoms with E-state index in [1.165, 1.54) is 6.08 Å². The van der Waals surface area contributed by atoms with E-state index < -0.39 is 17.7 Å². The molecule has 0 aromatic carbocycles. The highest BCUT2D eigenvalue weighted by Crippen LogP contribution is 2.46. The molecule has 0 aromatic rings. The number of aliphatic hydroxyl groups excluding tert-OH is 1. The molecule has 0 aliphatic heterocycles. The summed E-state index contributed by atoms with van der Waals surface area (Å²) >= 11 is 0. The van der Waals surface area contributed by atoms with Gasteiger partial charge in [0.05, 0.1) is 11.5 Å². The van der Waals surface area contributed by atoms with Crippen LogP contribution >= 0.6 is 0 Å². The standard InChI is InChI=1S/C8H11F3O/c1-7(8(9,10)11)5-3-2-4-6(7)12/h2-3,6,12H,4-5H2,1H3/t6-,7?/m1/s1. The van der Waals surface area contributed by atoms with Crippen LogP contribution in [0.1, 0.15) is 19.8 Å². The summed E-state index contributed by atoms with van der Waals surface area (Å²) in [4.78, 5) is 0. The van der Waals surface area contributed by atoms with Crippen LogP contribution in [0.4, 0.5) is 13.2 Å². The fourth-order valence-electron chi connectivity index (χ4n) is 1.25. The molecule has 0 bridgehead atoms. The first kappa shape index (κ1) is 9.58. The molecule has 1 rings (SSSR count). The zero-order valence-corrected chi connectivity index (χ0v) is 6.73. The van der Waals surface area contributed by atoms with E-state index >= 15 is 0 Å². The van der Waals surface area contributed by atoms with E-state index in [9.17, 15) is 18.3 Å². The first-order valence-corrected chi connectivity index (χ1v) is 3.78. The third-order valence-electron chi connectivity index (χ3n) is 2.45. The first-order chi connectivity index (χ1) is 5.38. The molecule has 0 fully saturated rings. The van der Waals surface area contributed by atoms with Crippen LogP contribution in [0.15, 0.2) is 12.2 Å².